The van der Waals surface area contributed by atoms with Gasteiger partial charge in [-0.2, -0.15) is 0 Å². The second-order valence-corrected chi connectivity index (χ2v) is 7.25. The summed E-state index contributed by atoms with van der Waals surface area (Å²) >= 11 is 0. The average Bonchev–Trinajstić information content (AvgIpc) is 2.96. The molecule has 0 radical (unpaired) electrons. The molecule has 3 rings (SSSR count). The highest BCUT2D eigenvalue weighted by Crippen LogP contribution is 2.27. The van der Waals surface area contributed by atoms with Gasteiger partial charge in [-0.1, -0.05) is 30.3 Å². The van der Waals surface area contributed by atoms with Gasteiger partial charge >= 0.3 is 0 Å². The van der Waals surface area contributed by atoms with E-state index in [1.54, 1.807) is 12.1 Å². The van der Waals surface area contributed by atoms with Gasteiger partial charge in [-0.3, -0.25) is 4.79 Å². The lowest BCUT2D eigenvalue weighted by molar-refractivity contribution is 0.101. The molecule has 0 saturated carbocycles. The molecule has 5 nitrogen and oxygen atoms in total. The van der Waals surface area contributed by atoms with Crippen LogP contribution in [0.15, 0.2) is 53.4 Å². The van der Waals surface area contributed by atoms with E-state index in [1.807, 2.05) is 24.3 Å². The molecular weight excluding hydrogens is 314 g/mol. The van der Waals surface area contributed by atoms with Crippen molar-refractivity contribution in [3.8, 4) is 5.75 Å². The molecule has 0 saturated heterocycles. The summed E-state index contributed by atoms with van der Waals surface area (Å²) < 4.78 is 33.0. The van der Waals surface area contributed by atoms with Gasteiger partial charge in [0.1, 0.15) is 11.9 Å². The highest BCUT2D eigenvalue weighted by atomic mass is 32.2. The Morgan fingerprint density at radius 2 is 2.00 bits per heavy atom. The maximum Gasteiger partial charge on any atom is 0.240 e. The third kappa shape index (κ3) is 3.43. The van der Waals surface area contributed by atoms with Crippen LogP contribution in [0.2, 0.25) is 0 Å². The summed E-state index contributed by atoms with van der Waals surface area (Å²) in [7, 11) is -3.67. The SMILES string of the molecule is CC(=O)c1cccc(S(=O)(=O)NC[C@@H]2Cc3ccccc3O2)c1. The minimum Gasteiger partial charge on any atom is -0.488 e. The second kappa shape index (κ2) is 6.14. The Labute approximate surface area is 135 Å². The Bertz CT molecular complexity index is 820. The average molecular weight is 331 g/mol. The summed E-state index contributed by atoms with van der Waals surface area (Å²) in [4.78, 5) is 11.5. The Hall–Kier alpha value is -2.18. The fourth-order valence-electron chi connectivity index (χ4n) is 2.54. The van der Waals surface area contributed by atoms with E-state index in [1.165, 1.54) is 19.1 Å². The zero-order valence-corrected chi connectivity index (χ0v) is 13.5. The molecule has 0 spiro atoms. The first-order valence-corrected chi connectivity index (χ1v) is 8.79. The van der Waals surface area contributed by atoms with E-state index in [0.29, 0.717) is 12.0 Å². The van der Waals surface area contributed by atoms with Crippen molar-refractivity contribution in [1.82, 2.24) is 4.72 Å². The van der Waals surface area contributed by atoms with Crippen molar-refractivity contribution in [2.45, 2.75) is 24.3 Å². The van der Waals surface area contributed by atoms with Crippen molar-refractivity contribution in [2.24, 2.45) is 0 Å². The van der Waals surface area contributed by atoms with Gasteiger partial charge in [0.05, 0.1) is 4.90 Å². The number of benzene rings is 2. The lowest BCUT2D eigenvalue weighted by Crippen LogP contribution is -2.34. The van der Waals surface area contributed by atoms with Gasteiger partial charge < -0.3 is 4.74 Å². The van der Waals surface area contributed by atoms with Crippen LogP contribution >= 0.6 is 0 Å². The van der Waals surface area contributed by atoms with E-state index in [4.69, 9.17) is 4.74 Å². The van der Waals surface area contributed by atoms with Crippen molar-refractivity contribution >= 4 is 15.8 Å². The van der Waals surface area contributed by atoms with Gasteiger partial charge in [0.15, 0.2) is 5.78 Å². The van der Waals surface area contributed by atoms with Gasteiger partial charge in [-0.25, -0.2) is 13.1 Å². The molecule has 0 unspecified atom stereocenters. The first-order valence-electron chi connectivity index (χ1n) is 7.31. The molecule has 23 heavy (non-hydrogen) atoms. The van der Waals surface area contributed by atoms with Crippen LogP contribution in [0.4, 0.5) is 0 Å². The fraction of sp³-hybridized carbons (Fsp3) is 0.235. The highest BCUT2D eigenvalue weighted by Gasteiger charge is 2.24. The molecule has 2 aromatic rings. The smallest absolute Gasteiger partial charge is 0.240 e. The maximum atomic E-state index is 12.4. The van der Waals surface area contributed by atoms with E-state index < -0.39 is 10.0 Å². The van der Waals surface area contributed by atoms with Crippen molar-refractivity contribution in [3.63, 3.8) is 0 Å². The fourth-order valence-corrected chi connectivity index (χ4v) is 3.65. The standard InChI is InChI=1S/C17H17NO4S/c1-12(19)13-6-4-7-16(10-13)23(20,21)18-11-15-9-14-5-2-3-8-17(14)22-15/h2-8,10,15,18H,9,11H2,1H3/t15-/m0/s1. The number of fused-ring (bicyclic) bond motifs is 1. The zero-order valence-electron chi connectivity index (χ0n) is 12.7. The minimum atomic E-state index is -3.67. The molecular formula is C17H17NO4S. The molecule has 1 aliphatic heterocycles. The monoisotopic (exact) mass is 331 g/mol. The lowest BCUT2D eigenvalue weighted by atomic mass is 10.1. The number of Topliss-reactive ketones (excluding diaryl/α,β-unsaturated/α-hetero) is 1. The largest absolute Gasteiger partial charge is 0.488 e. The third-order valence-electron chi connectivity index (χ3n) is 3.77. The Balaban J connectivity index is 1.68. The summed E-state index contributed by atoms with van der Waals surface area (Å²) in [6.45, 7) is 1.59. The molecule has 120 valence electrons. The molecule has 0 aromatic heterocycles. The molecule has 1 heterocycles. The van der Waals surface area contributed by atoms with E-state index in [2.05, 4.69) is 4.72 Å². The number of carbonyl (C=O) groups is 1. The molecule has 1 aliphatic rings. The van der Waals surface area contributed by atoms with Crippen LogP contribution in [-0.2, 0) is 16.4 Å². The van der Waals surface area contributed by atoms with Gasteiger partial charge in [-0.15, -0.1) is 0 Å². The number of sulfonamides is 1. The molecule has 0 aliphatic carbocycles. The summed E-state index contributed by atoms with van der Waals surface area (Å²) in [6, 6.07) is 13.7. The first kappa shape index (κ1) is 15.7. The van der Waals surface area contributed by atoms with Crippen LogP contribution in [0.3, 0.4) is 0 Å². The van der Waals surface area contributed by atoms with Crippen molar-refractivity contribution < 1.29 is 17.9 Å². The summed E-state index contributed by atoms with van der Waals surface area (Å²) in [5, 5.41) is 0. The number of hydrogen-bond acceptors (Lipinski definition) is 4. The van der Waals surface area contributed by atoms with Gasteiger partial charge in [0, 0.05) is 18.5 Å². The number of nitrogens with one attached hydrogen (secondary N) is 1. The minimum absolute atomic E-state index is 0.0840. The van der Waals surface area contributed by atoms with E-state index in [9.17, 15) is 13.2 Å². The van der Waals surface area contributed by atoms with Crippen molar-refractivity contribution in [2.75, 3.05) is 6.54 Å². The quantitative estimate of drug-likeness (QED) is 0.852. The zero-order chi connectivity index (χ0) is 16.4. The van der Waals surface area contributed by atoms with Crippen LogP contribution in [0.25, 0.3) is 0 Å². The number of ether oxygens (including phenoxy) is 1. The van der Waals surface area contributed by atoms with Crippen LogP contribution in [0.1, 0.15) is 22.8 Å². The van der Waals surface area contributed by atoms with Crippen LogP contribution < -0.4 is 9.46 Å². The Morgan fingerprint density at radius 1 is 1.22 bits per heavy atom. The van der Waals surface area contributed by atoms with Gasteiger partial charge in [-0.05, 0) is 30.7 Å². The van der Waals surface area contributed by atoms with E-state index in [-0.39, 0.29) is 23.3 Å². The Kier molecular flexibility index (Phi) is 4.19. The third-order valence-corrected chi connectivity index (χ3v) is 5.19. The molecule has 0 fully saturated rings. The van der Waals surface area contributed by atoms with Crippen molar-refractivity contribution in [1.29, 1.82) is 0 Å². The van der Waals surface area contributed by atoms with E-state index >= 15 is 0 Å². The predicted octanol–water partition coefficient (Wildman–Crippen LogP) is 2.17. The molecule has 6 heteroatoms. The maximum absolute atomic E-state index is 12.4. The number of carbonyl (C=O) groups excluding carboxylic acids is 1. The Morgan fingerprint density at radius 3 is 2.74 bits per heavy atom. The second-order valence-electron chi connectivity index (χ2n) is 5.49. The van der Waals surface area contributed by atoms with Crippen LogP contribution in [-0.4, -0.2) is 26.8 Å². The van der Waals surface area contributed by atoms with Crippen LogP contribution in [0, 0.1) is 0 Å². The number of rotatable bonds is 5. The number of hydrogen-bond donors (Lipinski definition) is 1. The number of ketones is 1. The van der Waals surface area contributed by atoms with Gasteiger partial charge in [0.2, 0.25) is 10.0 Å². The van der Waals surface area contributed by atoms with E-state index in [0.717, 1.165) is 11.3 Å². The summed E-state index contributed by atoms with van der Waals surface area (Å²) in [5.41, 5.74) is 1.45. The normalized spacial score (nSPS) is 16.7. The summed E-state index contributed by atoms with van der Waals surface area (Å²) in [5.74, 6) is 0.631. The first-order chi connectivity index (χ1) is 11.0. The molecule has 0 bridgehead atoms. The molecule has 2 aromatic carbocycles. The number of para-hydroxylation sites is 1. The summed E-state index contributed by atoms with van der Waals surface area (Å²) in [6.07, 6.45) is 0.449. The van der Waals surface area contributed by atoms with Gasteiger partial charge in [0.25, 0.3) is 0 Å². The van der Waals surface area contributed by atoms with Crippen LogP contribution in [0.5, 0.6) is 5.75 Å². The molecule has 1 atom stereocenters. The highest BCUT2D eigenvalue weighted by molar-refractivity contribution is 7.89. The topological polar surface area (TPSA) is 72.5 Å². The lowest BCUT2D eigenvalue weighted by Gasteiger charge is -2.12. The molecule has 0 amide bonds. The molecule has 1 N–H and O–H groups in total. The predicted molar refractivity (Wildman–Crippen MR) is 86.2 cm³/mol. The van der Waals surface area contributed by atoms with Crippen molar-refractivity contribution in [3.05, 3.63) is 59.7 Å².